The number of benzene rings is 8. The predicted molar refractivity (Wildman–Crippen MR) is 317 cm³/mol. The topological polar surface area (TPSA) is 106 Å². The van der Waals surface area contributed by atoms with Gasteiger partial charge in [0, 0.05) is 116 Å². The van der Waals surface area contributed by atoms with E-state index in [9.17, 15) is 0 Å². The fraction of sp³-hybridized carbons (Fsp3) is 0. The minimum Gasteiger partial charge on any atom is -0.357 e. The quantitative estimate of drug-likeness (QED) is 0.161. The fourth-order valence-corrected chi connectivity index (χ4v) is 15.5. The molecule has 15 aromatic rings. The second-order valence-electron chi connectivity index (χ2n) is 19.0. The van der Waals surface area contributed by atoms with Crippen molar-refractivity contribution in [2.24, 2.45) is 0 Å². The molecule has 0 unspecified atom stereocenters. The van der Waals surface area contributed by atoms with Gasteiger partial charge in [-0.2, -0.15) is 0 Å². The van der Waals surface area contributed by atoms with E-state index in [-0.39, 0.29) is 19.5 Å². The van der Waals surface area contributed by atoms with E-state index in [1.54, 1.807) is 45.3 Å². The summed E-state index contributed by atoms with van der Waals surface area (Å²) in [6, 6.07) is 68.5. The van der Waals surface area contributed by atoms with E-state index in [4.69, 9.17) is 39.9 Å². The average molecular weight is 1110 g/mol. The largest absolute Gasteiger partial charge is 2.00 e. The average Bonchev–Trinajstić information content (AvgIpc) is 4.43. The van der Waals surface area contributed by atoms with Crippen LogP contribution in [0.1, 0.15) is 0 Å². The minimum atomic E-state index is 0. The fourth-order valence-electron chi connectivity index (χ4n) is 11.1. The Labute approximate surface area is 466 Å². The van der Waals surface area contributed by atoms with E-state index in [1.807, 2.05) is 0 Å². The molecule has 8 aromatic carbocycles. The summed E-state index contributed by atoms with van der Waals surface area (Å²) in [7, 11) is 0. The number of fused-ring (bicyclic) bond motifs is 24. The zero-order valence-electron chi connectivity index (χ0n) is 40.4. The summed E-state index contributed by atoms with van der Waals surface area (Å²) < 4.78 is 4.82. The van der Waals surface area contributed by atoms with E-state index in [1.165, 1.54) is 40.3 Å². The van der Waals surface area contributed by atoms with E-state index in [2.05, 4.69) is 194 Å². The Morgan fingerprint density at radius 2 is 0.584 bits per heavy atom. The molecule has 13 heteroatoms. The molecule has 9 heterocycles. The van der Waals surface area contributed by atoms with E-state index in [0.29, 0.717) is 45.9 Å². The van der Waals surface area contributed by atoms with Gasteiger partial charge < -0.3 is 29.9 Å². The Balaban J connectivity index is 0.00000498. The summed E-state index contributed by atoms with van der Waals surface area (Å²) in [5.41, 5.74) is 9.64. The van der Waals surface area contributed by atoms with Gasteiger partial charge in [0.25, 0.3) is 0 Å². The van der Waals surface area contributed by atoms with E-state index < -0.39 is 0 Å². The van der Waals surface area contributed by atoms with Crippen LogP contribution >= 0.6 is 45.3 Å². The molecule has 8 bridgehead atoms. The van der Waals surface area contributed by atoms with E-state index >= 15 is 0 Å². The summed E-state index contributed by atoms with van der Waals surface area (Å²) in [6.45, 7) is 0. The summed E-state index contributed by atoms with van der Waals surface area (Å²) in [4.78, 5) is 48.3. The molecule has 354 valence electrons. The predicted octanol–water partition coefficient (Wildman–Crippen LogP) is 17.7. The first-order valence-electron chi connectivity index (χ1n) is 24.8. The number of hydrogen-bond donors (Lipinski definition) is 0. The maximum Gasteiger partial charge on any atom is 2.00 e. The Bertz CT molecular complexity index is 4720. The standard InChI is InChI=1S/C64H32N8S4.Zn/c1-5-25-45-33(13-1)29-49(73-45)37-17-9-21-41-53(37)61-65-57(41)70-62-55-39(51-31-35-15-3-7-27-47(35)75-51)19-11-23-43(55)59(67-62)72-64-56-40(52-32-36-16-4-8-28-48(36)76-52)20-12-24-44(56)60(68-64)71-63-54-38(18-10-22-42(54)58(66-63)69-61)50-30-34-14-2-6-26-46(34)74-50;/h1-32H;/q-2;+2. The van der Waals surface area contributed by atoms with Gasteiger partial charge in [-0.05, 0) is 80.8 Å². The second kappa shape index (κ2) is 17.3. The molecule has 0 spiro atoms. The molecule has 0 atom stereocenters. The third-order valence-corrected chi connectivity index (χ3v) is 19.2. The molecule has 0 amide bonds. The molecular weight excluding hydrogens is 1070 g/mol. The van der Waals surface area contributed by atoms with Crippen molar-refractivity contribution >= 4 is 130 Å². The van der Waals surface area contributed by atoms with Crippen LogP contribution in [-0.2, 0) is 19.5 Å². The summed E-state index contributed by atoms with van der Waals surface area (Å²) in [6.07, 6.45) is 0. The maximum absolute atomic E-state index is 5.54. The zero-order chi connectivity index (χ0) is 49.6. The van der Waals surface area contributed by atoms with E-state index in [0.717, 1.165) is 85.6 Å². The van der Waals surface area contributed by atoms with Crippen LogP contribution in [0.4, 0.5) is 0 Å². The van der Waals surface area contributed by atoms with Crippen LogP contribution in [0.25, 0.3) is 172 Å². The van der Waals surface area contributed by atoms with Crippen LogP contribution < -0.4 is 9.97 Å². The van der Waals surface area contributed by atoms with Gasteiger partial charge in [0.05, 0.1) is 23.3 Å². The van der Waals surface area contributed by atoms with Crippen LogP contribution in [0.15, 0.2) is 194 Å². The van der Waals surface area contributed by atoms with Gasteiger partial charge in [0.15, 0.2) is 0 Å². The number of aromatic nitrogens is 8. The molecule has 0 radical (unpaired) electrons. The molecule has 77 heavy (non-hydrogen) atoms. The number of thiophene rings is 4. The molecule has 0 saturated heterocycles. The molecule has 0 saturated carbocycles. The van der Waals surface area contributed by atoms with Gasteiger partial charge in [-0.3, -0.25) is 0 Å². The Hall–Kier alpha value is -8.42. The maximum atomic E-state index is 5.54. The minimum absolute atomic E-state index is 0. The monoisotopic (exact) mass is 1100 g/mol. The molecule has 17 rings (SSSR count). The number of hydrogen-bond acceptors (Lipinski definition) is 10. The van der Waals surface area contributed by atoms with Crippen LogP contribution in [0.3, 0.4) is 0 Å². The van der Waals surface area contributed by atoms with Crippen molar-refractivity contribution < 1.29 is 19.5 Å². The smallest absolute Gasteiger partial charge is 0.357 e. The van der Waals surface area contributed by atoms with Crippen molar-refractivity contribution in [2.45, 2.75) is 0 Å². The SMILES string of the molecule is [Zn+2].c1cc2c(c(-c3cc4ccccc4s3)c1)-c1nc-2nc2[n-]c(nc3nc(nc4[n-]c(n1)c1cccc(-c5cc6ccccc6s5)c41)-c1cccc(-c4cc5ccccc5s4)c1-3)c1cccc(-c3cc4ccccc4s3)c21. The van der Waals surface area contributed by atoms with Crippen LogP contribution in [-0.4, -0.2) is 29.9 Å². The van der Waals surface area contributed by atoms with Crippen LogP contribution in [0, 0.1) is 0 Å². The molecule has 8 nitrogen and oxygen atoms in total. The molecule has 7 aromatic heterocycles. The molecule has 2 aliphatic heterocycles. The van der Waals surface area contributed by atoms with Gasteiger partial charge >= 0.3 is 19.5 Å². The Morgan fingerprint density at radius 3 is 0.961 bits per heavy atom. The van der Waals surface area contributed by atoms with Gasteiger partial charge in [-0.15, -0.1) is 45.3 Å². The summed E-state index contributed by atoms with van der Waals surface area (Å²) in [5, 5.41) is 8.23. The first-order valence-corrected chi connectivity index (χ1v) is 28.1. The van der Waals surface area contributed by atoms with Crippen molar-refractivity contribution in [3.8, 4) is 87.3 Å². The van der Waals surface area contributed by atoms with Crippen molar-refractivity contribution in [3.05, 3.63) is 194 Å². The van der Waals surface area contributed by atoms with Gasteiger partial charge in [-0.25, -0.2) is 9.97 Å². The van der Waals surface area contributed by atoms with Crippen molar-refractivity contribution in [1.82, 2.24) is 39.9 Å². The summed E-state index contributed by atoms with van der Waals surface area (Å²) in [5.74, 6) is 2.06. The van der Waals surface area contributed by atoms with Crippen LogP contribution in [0.5, 0.6) is 0 Å². The van der Waals surface area contributed by atoms with Gasteiger partial charge in [0.2, 0.25) is 0 Å². The third-order valence-electron chi connectivity index (χ3n) is 14.6. The number of nitrogens with zero attached hydrogens (tertiary/aromatic N) is 8. The van der Waals surface area contributed by atoms with Crippen LogP contribution in [0.2, 0.25) is 0 Å². The Kier molecular flexibility index (Phi) is 10.1. The second-order valence-corrected chi connectivity index (χ2v) is 23.3. The third kappa shape index (κ3) is 7.01. The molecule has 0 fully saturated rings. The molecule has 0 aliphatic carbocycles. The first-order chi connectivity index (χ1) is 37.6. The normalized spacial score (nSPS) is 12.1. The molecule has 2 aliphatic rings. The molecule has 0 N–H and O–H groups in total. The van der Waals surface area contributed by atoms with Crippen molar-refractivity contribution in [1.29, 1.82) is 0 Å². The van der Waals surface area contributed by atoms with Gasteiger partial charge in [-0.1, -0.05) is 146 Å². The zero-order valence-corrected chi connectivity index (χ0v) is 46.6. The van der Waals surface area contributed by atoms with Crippen molar-refractivity contribution in [2.75, 3.05) is 0 Å². The Morgan fingerprint density at radius 1 is 0.273 bits per heavy atom. The molecular formula is C64H32N8S4Zn. The first kappa shape index (κ1) is 44.8. The van der Waals surface area contributed by atoms with Crippen molar-refractivity contribution in [3.63, 3.8) is 0 Å². The number of rotatable bonds is 4. The summed E-state index contributed by atoms with van der Waals surface area (Å²) >= 11 is 7.03. The van der Waals surface area contributed by atoms with Gasteiger partial charge in [0.1, 0.15) is 0 Å².